The molecule has 0 bridgehead atoms. The molecule has 0 N–H and O–H groups in total. The summed E-state index contributed by atoms with van der Waals surface area (Å²) in [6.07, 6.45) is 1.14. The zero-order chi connectivity index (χ0) is 22.0. The standard InChI is InChI=1S/C24H25FN2O4/c1-16(22(28)27-14-12-17-5-2-3-7-21(17)27)31-24(30)19-6-4-13-26(15-19)23(29)18-8-10-20(25)11-9-18/h2-3,5,7-11,16,19H,4,6,12-15H2,1H3/t16-,19-/m0/s1. The number of rotatable bonds is 4. The maximum atomic E-state index is 13.1. The Morgan fingerprint density at radius 2 is 1.81 bits per heavy atom. The molecule has 1 fully saturated rings. The van der Waals surface area contributed by atoms with Crippen molar-refractivity contribution in [3.63, 3.8) is 0 Å². The van der Waals surface area contributed by atoms with Gasteiger partial charge in [-0.3, -0.25) is 14.4 Å². The van der Waals surface area contributed by atoms with Gasteiger partial charge in [0.1, 0.15) is 5.82 Å². The largest absolute Gasteiger partial charge is 0.452 e. The first-order valence-corrected chi connectivity index (χ1v) is 10.6. The molecular formula is C24H25FN2O4. The molecule has 2 aromatic carbocycles. The number of ether oxygens (including phenoxy) is 1. The first kappa shape index (κ1) is 21.0. The number of piperidine rings is 1. The van der Waals surface area contributed by atoms with Gasteiger partial charge in [-0.1, -0.05) is 18.2 Å². The summed E-state index contributed by atoms with van der Waals surface area (Å²) in [7, 11) is 0. The first-order chi connectivity index (χ1) is 14.9. The topological polar surface area (TPSA) is 66.9 Å². The van der Waals surface area contributed by atoms with E-state index in [1.807, 2.05) is 24.3 Å². The van der Waals surface area contributed by atoms with E-state index < -0.39 is 23.8 Å². The summed E-state index contributed by atoms with van der Waals surface area (Å²) in [5.41, 5.74) is 2.35. The second-order valence-corrected chi connectivity index (χ2v) is 8.04. The number of esters is 1. The third-order valence-corrected chi connectivity index (χ3v) is 5.93. The molecule has 0 radical (unpaired) electrons. The smallest absolute Gasteiger partial charge is 0.311 e. The van der Waals surface area contributed by atoms with Crippen molar-refractivity contribution in [2.45, 2.75) is 32.3 Å². The minimum atomic E-state index is -0.901. The third kappa shape index (κ3) is 4.45. The summed E-state index contributed by atoms with van der Waals surface area (Å²) in [6, 6.07) is 13.1. The van der Waals surface area contributed by atoms with E-state index in [1.165, 1.54) is 24.3 Å². The Kier molecular flexibility index (Phi) is 6.02. The van der Waals surface area contributed by atoms with Gasteiger partial charge < -0.3 is 14.5 Å². The molecule has 162 valence electrons. The predicted octanol–water partition coefficient (Wildman–Crippen LogP) is 3.20. The van der Waals surface area contributed by atoms with Crippen LogP contribution in [0.25, 0.3) is 0 Å². The van der Waals surface area contributed by atoms with Crippen LogP contribution in [0, 0.1) is 11.7 Å². The Bertz CT molecular complexity index is 991. The second-order valence-electron chi connectivity index (χ2n) is 8.04. The fourth-order valence-electron chi connectivity index (χ4n) is 4.24. The summed E-state index contributed by atoms with van der Waals surface area (Å²) in [5, 5.41) is 0. The van der Waals surface area contributed by atoms with E-state index in [2.05, 4.69) is 0 Å². The van der Waals surface area contributed by atoms with Crippen LogP contribution < -0.4 is 4.90 Å². The van der Waals surface area contributed by atoms with Gasteiger partial charge in [0.25, 0.3) is 11.8 Å². The lowest BCUT2D eigenvalue weighted by Gasteiger charge is -2.32. The van der Waals surface area contributed by atoms with Gasteiger partial charge in [-0.2, -0.15) is 0 Å². The Morgan fingerprint density at radius 3 is 2.58 bits per heavy atom. The van der Waals surface area contributed by atoms with E-state index in [-0.39, 0.29) is 18.4 Å². The van der Waals surface area contributed by atoms with Crippen molar-refractivity contribution in [2.24, 2.45) is 5.92 Å². The molecule has 2 aliphatic rings. The summed E-state index contributed by atoms with van der Waals surface area (Å²) in [4.78, 5) is 41.6. The third-order valence-electron chi connectivity index (χ3n) is 5.93. The van der Waals surface area contributed by atoms with E-state index in [4.69, 9.17) is 4.74 Å². The lowest BCUT2D eigenvalue weighted by atomic mass is 9.97. The molecule has 0 aliphatic carbocycles. The normalized spacial score (nSPS) is 19.0. The molecule has 6 nitrogen and oxygen atoms in total. The molecular weight excluding hydrogens is 399 g/mol. The van der Waals surface area contributed by atoms with Crippen LogP contribution in [-0.2, 0) is 20.7 Å². The molecule has 31 heavy (non-hydrogen) atoms. The fraction of sp³-hybridized carbons (Fsp3) is 0.375. The molecule has 7 heteroatoms. The molecule has 2 aliphatic heterocycles. The van der Waals surface area contributed by atoms with Crippen LogP contribution in [-0.4, -0.2) is 48.4 Å². The number of likely N-dealkylation sites (tertiary alicyclic amines) is 1. The molecule has 4 rings (SSSR count). The average Bonchev–Trinajstić information content (AvgIpc) is 3.22. The SMILES string of the molecule is C[C@H](OC(=O)[C@H]1CCCN(C(=O)c2ccc(F)cc2)C1)C(=O)N1CCc2ccccc21. The summed E-state index contributed by atoms with van der Waals surface area (Å²) in [6.45, 7) is 2.91. The van der Waals surface area contributed by atoms with Crippen LogP contribution in [0.3, 0.4) is 0 Å². The number of hydrogen-bond acceptors (Lipinski definition) is 4. The number of anilines is 1. The van der Waals surface area contributed by atoms with Gasteiger partial charge in [-0.05, 0) is 62.1 Å². The minimum absolute atomic E-state index is 0.225. The number of para-hydroxylation sites is 1. The highest BCUT2D eigenvalue weighted by atomic mass is 19.1. The molecule has 0 aromatic heterocycles. The maximum Gasteiger partial charge on any atom is 0.311 e. The van der Waals surface area contributed by atoms with E-state index in [9.17, 15) is 18.8 Å². The minimum Gasteiger partial charge on any atom is -0.452 e. The van der Waals surface area contributed by atoms with Crippen LogP contribution in [0.5, 0.6) is 0 Å². The lowest BCUT2D eigenvalue weighted by Crippen LogP contribution is -2.45. The van der Waals surface area contributed by atoms with Crippen molar-refractivity contribution >= 4 is 23.5 Å². The number of carbonyl (C=O) groups excluding carboxylic acids is 3. The predicted molar refractivity (Wildman–Crippen MR) is 113 cm³/mol. The van der Waals surface area contributed by atoms with Gasteiger partial charge in [0.05, 0.1) is 5.92 Å². The van der Waals surface area contributed by atoms with Gasteiger partial charge in [0, 0.05) is 30.9 Å². The highest BCUT2D eigenvalue weighted by Gasteiger charge is 2.34. The highest BCUT2D eigenvalue weighted by Crippen LogP contribution is 2.28. The van der Waals surface area contributed by atoms with Gasteiger partial charge in [-0.25, -0.2) is 4.39 Å². The number of amides is 2. The number of fused-ring (bicyclic) bond motifs is 1. The van der Waals surface area contributed by atoms with Gasteiger partial charge in [0.2, 0.25) is 0 Å². The van der Waals surface area contributed by atoms with Gasteiger partial charge in [0.15, 0.2) is 6.10 Å². The molecule has 2 amide bonds. The first-order valence-electron chi connectivity index (χ1n) is 10.6. The second kappa shape index (κ2) is 8.88. The Labute approximate surface area is 180 Å². The van der Waals surface area contributed by atoms with Crippen molar-refractivity contribution in [3.8, 4) is 0 Å². The van der Waals surface area contributed by atoms with Crippen molar-refractivity contribution in [1.82, 2.24) is 4.90 Å². The van der Waals surface area contributed by atoms with E-state index in [1.54, 1.807) is 16.7 Å². The Balaban J connectivity index is 1.36. The van der Waals surface area contributed by atoms with Crippen LogP contribution in [0.2, 0.25) is 0 Å². The molecule has 0 unspecified atom stereocenters. The number of nitrogens with zero attached hydrogens (tertiary/aromatic N) is 2. The number of carbonyl (C=O) groups is 3. The molecule has 2 heterocycles. The average molecular weight is 424 g/mol. The van der Waals surface area contributed by atoms with Crippen LogP contribution in [0.15, 0.2) is 48.5 Å². The summed E-state index contributed by atoms with van der Waals surface area (Å²) < 4.78 is 18.6. The highest BCUT2D eigenvalue weighted by molar-refractivity contribution is 5.99. The lowest BCUT2D eigenvalue weighted by molar-refractivity contribution is -0.159. The van der Waals surface area contributed by atoms with E-state index in [0.717, 1.165) is 17.7 Å². The van der Waals surface area contributed by atoms with Crippen LogP contribution >= 0.6 is 0 Å². The number of benzene rings is 2. The molecule has 2 aromatic rings. The van der Waals surface area contributed by atoms with Gasteiger partial charge >= 0.3 is 5.97 Å². The molecule has 1 saturated heterocycles. The van der Waals surface area contributed by atoms with Gasteiger partial charge in [-0.15, -0.1) is 0 Å². The fourth-order valence-corrected chi connectivity index (χ4v) is 4.24. The number of hydrogen-bond donors (Lipinski definition) is 0. The molecule has 0 saturated carbocycles. The van der Waals surface area contributed by atoms with Crippen LogP contribution in [0.4, 0.5) is 10.1 Å². The molecule has 0 spiro atoms. The van der Waals surface area contributed by atoms with Crippen molar-refractivity contribution in [3.05, 3.63) is 65.5 Å². The van der Waals surface area contributed by atoms with Crippen LogP contribution in [0.1, 0.15) is 35.7 Å². The zero-order valence-electron chi connectivity index (χ0n) is 17.4. The monoisotopic (exact) mass is 424 g/mol. The van der Waals surface area contributed by atoms with Crippen molar-refractivity contribution < 1.29 is 23.5 Å². The Hall–Kier alpha value is -3.22. The Morgan fingerprint density at radius 1 is 1.06 bits per heavy atom. The zero-order valence-corrected chi connectivity index (χ0v) is 17.4. The van der Waals surface area contributed by atoms with Crippen molar-refractivity contribution in [1.29, 1.82) is 0 Å². The summed E-state index contributed by atoms with van der Waals surface area (Å²) in [5.74, 6) is -1.84. The van der Waals surface area contributed by atoms with Crippen molar-refractivity contribution in [2.75, 3.05) is 24.5 Å². The van der Waals surface area contributed by atoms with E-state index in [0.29, 0.717) is 31.5 Å². The quantitative estimate of drug-likeness (QED) is 0.707. The number of halogens is 1. The maximum absolute atomic E-state index is 13.1. The van der Waals surface area contributed by atoms with E-state index >= 15 is 0 Å². The summed E-state index contributed by atoms with van der Waals surface area (Å²) >= 11 is 0. The molecule has 2 atom stereocenters.